The maximum atomic E-state index is 12.7. The SMILES string of the molecule is CC(C(=O)NCCNS(=O)(=O)c1cccc([N+](=O)[O-])c1)N1C(=O)NC2(CCCC2)C1=O. The minimum Gasteiger partial charge on any atom is -0.353 e. The lowest BCUT2D eigenvalue weighted by molar-refractivity contribution is -0.385. The molecule has 3 rings (SSSR count). The van der Waals surface area contributed by atoms with Crippen LogP contribution in [0.5, 0.6) is 0 Å². The van der Waals surface area contributed by atoms with E-state index in [2.05, 4.69) is 15.4 Å². The van der Waals surface area contributed by atoms with Gasteiger partial charge in [-0.2, -0.15) is 0 Å². The first kappa shape index (κ1) is 22.6. The van der Waals surface area contributed by atoms with Gasteiger partial charge in [0.25, 0.3) is 11.6 Å². The van der Waals surface area contributed by atoms with Gasteiger partial charge in [-0.3, -0.25) is 19.7 Å². The van der Waals surface area contributed by atoms with Crippen LogP contribution in [0.1, 0.15) is 32.6 Å². The smallest absolute Gasteiger partial charge is 0.325 e. The Kier molecular flexibility index (Phi) is 6.27. The summed E-state index contributed by atoms with van der Waals surface area (Å²) in [5, 5.41) is 16.0. The van der Waals surface area contributed by atoms with Crippen LogP contribution in [-0.4, -0.2) is 60.8 Å². The molecule has 12 nitrogen and oxygen atoms in total. The summed E-state index contributed by atoms with van der Waals surface area (Å²) in [5.41, 5.74) is -1.28. The number of nitrogens with one attached hydrogen (secondary N) is 3. The van der Waals surface area contributed by atoms with E-state index in [0.29, 0.717) is 12.8 Å². The molecule has 1 saturated carbocycles. The predicted molar refractivity (Wildman–Crippen MR) is 107 cm³/mol. The molecule has 1 heterocycles. The number of rotatable bonds is 8. The zero-order chi connectivity index (χ0) is 22.8. The Labute approximate surface area is 178 Å². The van der Waals surface area contributed by atoms with Crippen molar-refractivity contribution in [3.63, 3.8) is 0 Å². The molecular weight excluding hydrogens is 430 g/mol. The Morgan fingerprint density at radius 2 is 1.97 bits per heavy atom. The number of hydrogen-bond acceptors (Lipinski definition) is 7. The molecular formula is C18H23N5O7S. The van der Waals surface area contributed by atoms with Crippen LogP contribution in [0.15, 0.2) is 29.2 Å². The second kappa shape index (κ2) is 8.59. The lowest BCUT2D eigenvalue weighted by Gasteiger charge is -2.23. The average Bonchev–Trinajstić information content (AvgIpc) is 3.29. The van der Waals surface area contributed by atoms with Crippen molar-refractivity contribution in [2.75, 3.05) is 13.1 Å². The summed E-state index contributed by atoms with van der Waals surface area (Å²) in [4.78, 5) is 48.1. The zero-order valence-corrected chi connectivity index (χ0v) is 17.6. The molecule has 1 unspecified atom stereocenters. The fourth-order valence-corrected chi connectivity index (χ4v) is 4.87. The molecule has 1 atom stereocenters. The maximum Gasteiger partial charge on any atom is 0.325 e. The minimum absolute atomic E-state index is 0.105. The number of carbonyl (C=O) groups is 3. The van der Waals surface area contributed by atoms with Gasteiger partial charge in [0.1, 0.15) is 11.6 Å². The molecule has 31 heavy (non-hydrogen) atoms. The molecule has 1 spiro atoms. The van der Waals surface area contributed by atoms with Crippen LogP contribution in [0.2, 0.25) is 0 Å². The maximum absolute atomic E-state index is 12.7. The van der Waals surface area contributed by atoms with Gasteiger partial charge < -0.3 is 10.6 Å². The third kappa shape index (κ3) is 4.51. The highest BCUT2D eigenvalue weighted by Gasteiger charge is 2.54. The summed E-state index contributed by atoms with van der Waals surface area (Å²) < 4.78 is 26.8. The van der Waals surface area contributed by atoms with Crippen molar-refractivity contribution in [2.45, 2.75) is 49.1 Å². The summed E-state index contributed by atoms with van der Waals surface area (Å²) in [5.74, 6) is -1.02. The van der Waals surface area contributed by atoms with E-state index < -0.39 is 44.4 Å². The molecule has 13 heteroatoms. The Bertz CT molecular complexity index is 1020. The van der Waals surface area contributed by atoms with Crippen molar-refractivity contribution >= 4 is 33.6 Å². The number of nitro groups is 1. The zero-order valence-electron chi connectivity index (χ0n) is 16.8. The van der Waals surface area contributed by atoms with Crippen LogP contribution in [0.25, 0.3) is 0 Å². The number of urea groups is 1. The van der Waals surface area contributed by atoms with Crippen LogP contribution < -0.4 is 15.4 Å². The van der Waals surface area contributed by atoms with Crippen molar-refractivity contribution in [3.05, 3.63) is 34.4 Å². The highest BCUT2D eigenvalue weighted by Crippen LogP contribution is 2.35. The van der Waals surface area contributed by atoms with Crippen LogP contribution >= 0.6 is 0 Å². The van der Waals surface area contributed by atoms with Gasteiger partial charge in [-0.25, -0.2) is 22.8 Å². The summed E-state index contributed by atoms with van der Waals surface area (Å²) in [6.45, 7) is 1.13. The summed E-state index contributed by atoms with van der Waals surface area (Å²) >= 11 is 0. The second-order valence-electron chi connectivity index (χ2n) is 7.51. The Morgan fingerprint density at radius 1 is 1.29 bits per heavy atom. The Morgan fingerprint density at radius 3 is 2.61 bits per heavy atom. The van der Waals surface area contributed by atoms with Crippen molar-refractivity contribution in [2.24, 2.45) is 0 Å². The highest BCUT2D eigenvalue weighted by atomic mass is 32.2. The number of benzene rings is 1. The van der Waals surface area contributed by atoms with E-state index in [4.69, 9.17) is 0 Å². The van der Waals surface area contributed by atoms with Crippen molar-refractivity contribution in [3.8, 4) is 0 Å². The van der Waals surface area contributed by atoms with E-state index >= 15 is 0 Å². The van der Waals surface area contributed by atoms with E-state index in [1.807, 2.05) is 0 Å². The quantitative estimate of drug-likeness (QED) is 0.219. The monoisotopic (exact) mass is 453 g/mol. The van der Waals surface area contributed by atoms with Crippen molar-refractivity contribution in [1.29, 1.82) is 0 Å². The van der Waals surface area contributed by atoms with Gasteiger partial charge in [-0.1, -0.05) is 18.9 Å². The molecule has 1 aromatic rings. The molecule has 1 saturated heterocycles. The Balaban J connectivity index is 1.53. The van der Waals surface area contributed by atoms with Gasteiger partial charge in [0.05, 0.1) is 9.82 Å². The van der Waals surface area contributed by atoms with E-state index in [-0.39, 0.29) is 23.7 Å². The van der Waals surface area contributed by atoms with E-state index in [1.165, 1.54) is 25.1 Å². The summed E-state index contributed by atoms with van der Waals surface area (Å²) in [6.07, 6.45) is 2.74. The fraction of sp³-hybridized carbons (Fsp3) is 0.500. The summed E-state index contributed by atoms with van der Waals surface area (Å²) in [6, 6.07) is 2.91. The number of sulfonamides is 1. The van der Waals surface area contributed by atoms with Crippen LogP contribution in [0.3, 0.4) is 0 Å². The molecule has 1 aromatic carbocycles. The van der Waals surface area contributed by atoms with Crippen LogP contribution in [0.4, 0.5) is 10.5 Å². The van der Waals surface area contributed by atoms with E-state index in [9.17, 15) is 32.9 Å². The summed E-state index contributed by atoms with van der Waals surface area (Å²) in [7, 11) is -4.02. The molecule has 0 bridgehead atoms. The molecule has 1 aliphatic carbocycles. The first-order valence-corrected chi connectivity index (χ1v) is 11.2. The van der Waals surface area contributed by atoms with Gasteiger partial charge in [0.2, 0.25) is 15.9 Å². The lowest BCUT2D eigenvalue weighted by Crippen LogP contribution is -2.50. The number of nitrogens with zero attached hydrogens (tertiary/aromatic N) is 2. The first-order valence-electron chi connectivity index (χ1n) is 9.75. The van der Waals surface area contributed by atoms with E-state index in [1.54, 1.807) is 0 Å². The number of nitro benzene ring substituents is 1. The minimum atomic E-state index is -4.02. The number of carbonyl (C=O) groups excluding carboxylic acids is 3. The average molecular weight is 453 g/mol. The van der Waals surface area contributed by atoms with Gasteiger partial charge in [-0.05, 0) is 25.8 Å². The Hall–Kier alpha value is -3.06. The van der Waals surface area contributed by atoms with Crippen molar-refractivity contribution in [1.82, 2.24) is 20.3 Å². The number of hydrogen-bond donors (Lipinski definition) is 3. The van der Waals surface area contributed by atoms with Crippen LogP contribution in [0, 0.1) is 10.1 Å². The van der Waals surface area contributed by atoms with Gasteiger partial charge in [0, 0.05) is 25.2 Å². The van der Waals surface area contributed by atoms with Gasteiger partial charge >= 0.3 is 6.03 Å². The molecule has 1 aliphatic heterocycles. The third-order valence-electron chi connectivity index (χ3n) is 5.47. The molecule has 2 aliphatic rings. The molecule has 4 amide bonds. The van der Waals surface area contributed by atoms with Gasteiger partial charge in [-0.15, -0.1) is 0 Å². The number of imide groups is 1. The predicted octanol–water partition coefficient (Wildman–Crippen LogP) is 0.242. The third-order valence-corrected chi connectivity index (χ3v) is 6.93. The van der Waals surface area contributed by atoms with E-state index in [0.717, 1.165) is 23.8 Å². The van der Waals surface area contributed by atoms with Crippen molar-refractivity contribution < 1.29 is 27.7 Å². The highest BCUT2D eigenvalue weighted by molar-refractivity contribution is 7.89. The molecule has 168 valence electrons. The lowest BCUT2D eigenvalue weighted by atomic mass is 9.97. The topological polar surface area (TPSA) is 168 Å². The number of amides is 4. The molecule has 0 radical (unpaired) electrons. The molecule has 0 aromatic heterocycles. The largest absolute Gasteiger partial charge is 0.353 e. The number of non-ortho nitro benzene ring substituents is 1. The standard InChI is InChI=1S/C18H23N5O7S/c1-12(22-16(25)18(21-17(22)26)7-2-3-8-18)15(24)19-9-10-20-31(29,30)14-6-4-5-13(11-14)23(27)28/h4-6,11-12,20H,2-3,7-10H2,1H3,(H,19,24)(H,21,26). The molecule has 2 fully saturated rings. The normalized spacial score (nSPS) is 18.8. The van der Waals surface area contributed by atoms with Crippen LogP contribution in [-0.2, 0) is 19.6 Å². The fourth-order valence-electron chi connectivity index (χ4n) is 3.79. The molecule has 3 N–H and O–H groups in total. The van der Waals surface area contributed by atoms with Gasteiger partial charge in [0.15, 0.2) is 0 Å². The first-order chi connectivity index (χ1) is 14.6. The second-order valence-corrected chi connectivity index (χ2v) is 9.28.